The molecule has 2 heterocycles. The van der Waals surface area contributed by atoms with Crippen LogP contribution in [-0.4, -0.2) is 12.5 Å². The number of rotatable bonds is 3. The Morgan fingerprint density at radius 3 is 2.58 bits per heavy atom. The van der Waals surface area contributed by atoms with Crippen LogP contribution in [0.2, 0.25) is 15.1 Å². The summed E-state index contributed by atoms with van der Waals surface area (Å²) in [6.45, 7) is 0.555. The summed E-state index contributed by atoms with van der Waals surface area (Å²) in [7, 11) is 0. The van der Waals surface area contributed by atoms with Crippen molar-refractivity contribution in [3.05, 3.63) is 86.2 Å². The van der Waals surface area contributed by atoms with Crippen molar-refractivity contribution in [2.24, 2.45) is 0 Å². The van der Waals surface area contributed by atoms with Gasteiger partial charge in [0.1, 0.15) is 10.6 Å². The summed E-state index contributed by atoms with van der Waals surface area (Å²) in [5.74, 6) is 0.607. The van der Waals surface area contributed by atoms with Gasteiger partial charge < -0.3 is 10.1 Å². The maximum atomic E-state index is 13.2. The predicted molar refractivity (Wildman–Crippen MR) is 129 cm³/mol. The van der Waals surface area contributed by atoms with Gasteiger partial charge in [0.15, 0.2) is 0 Å². The van der Waals surface area contributed by atoms with Gasteiger partial charge in [0.05, 0.1) is 27.7 Å². The van der Waals surface area contributed by atoms with Gasteiger partial charge in [0.2, 0.25) is 0 Å². The fourth-order valence-electron chi connectivity index (χ4n) is 3.87. The Morgan fingerprint density at radius 2 is 1.71 bits per heavy atom. The summed E-state index contributed by atoms with van der Waals surface area (Å²) in [5, 5.41) is 5.35. The predicted octanol–water partition coefficient (Wildman–Crippen LogP) is 7.78. The average molecular weight is 489 g/mol. The van der Waals surface area contributed by atoms with Crippen LogP contribution in [0.1, 0.15) is 27.7 Å². The molecule has 1 amide bonds. The van der Waals surface area contributed by atoms with Gasteiger partial charge in [-0.25, -0.2) is 0 Å². The Balaban J connectivity index is 1.54. The minimum absolute atomic E-state index is 0.124. The molecule has 0 saturated heterocycles. The monoisotopic (exact) mass is 487 g/mol. The molecule has 0 fully saturated rings. The first-order valence-electron chi connectivity index (χ1n) is 9.72. The van der Waals surface area contributed by atoms with Crippen LogP contribution in [0, 0.1) is 0 Å². The molecule has 1 atom stereocenters. The highest BCUT2D eigenvalue weighted by atomic mass is 35.5. The molecule has 0 bridgehead atoms. The van der Waals surface area contributed by atoms with Crippen molar-refractivity contribution in [2.45, 2.75) is 12.5 Å². The van der Waals surface area contributed by atoms with E-state index in [9.17, 15) is 4.79 Å². The molecule has 0 aliphatic carbocycles. The van der Waals surface area contributed by atoms with Gasteiger partial charge in [-0.05, 0) is 12.1 Å². The number of para-hydroxylation sites is 1. The molecule has 1 aromatic heterocycles. The number of hydrogen-bond acceptors (Lipinski definition) is 3. The molecule has 31 heavy (non-hydrogen) atoms. The lowest BCUT2D eigenvalue weighted by Crippen LogP contribution is -2.31. The van der Waals surface area contributed by atoms with Crippen LogP contribution >= 0.6 is 46.1 Å². The fraction of sp³-hybridized carbons (Fsp3) is 0.125. The molecule has 3 aromatic carbocycles. The van der Waals surface area contributed by atoms with Crippen molar-refractivity contribution >= 4 is 62.1 Å². The zero-order chi connectivity index (χ0) is 21.5. The number of fused-ring (bicyclic) bond motifs is 2. The van der Waals surface area contributed by atoms with Crippen LogP contribution in [0.15, 0.2) is 60.7 Å². The SMILES string of the molecule is O=C(NC1CCOc2ccccc21)c1sc2c(-c3cccc(Cl)c3Cl)cccc2c1Cl. The number of thiophene rings is 1. The Labute approximate surface area is 198 Å². The molecule has 156 valence electrons. The molecule has 0 spiro atoms. The second kappa shape index (κ2) is 8.36. The third-order valence-corrected chi connectivity index (χ3v) is 7.93. The lowest BCUT2D eigenvalue weighted by atomic mass is 10.0. The van der Waals surface area contributed by atoms with E-state index < -0.39 is 0 Å². The number of amides is 1. The molecule has 1 aliphatic rings. The summed E-state index contributed by atoms with van der Waals surface area (Å²) >= 11 is 20.7. The van der Waals surface area contributed by atoms with Crippen molar-refractivity contribution < 1.29 is 9.53 Å². The normalized spacial score (nSPS) is 15.4. The van der Waals surface area contributed by atoms with Crippen LogP contribution in [0.4, 0.5) is 0 Å². The van der Waals surface area contributed by atoms with E-state index in [-0.39, 0.29) is 11.9 Å². The number of hydrogen-bond donors (Lipinski definition) is 1. The van der Waals surface area contributed by atoms with E-state index in [1.807, 2.05) is 54.6 Å². The third kappa shape index (κ3) is 3.68. The van der Waals surface area contributed by atoms with Crippen molar-refractivity contribution in [1.29, 1.82) is 0 Å². The highest BCUT2D eigenvalue weighted by Crippen LogP contribution is 2.44. The highest BCUT2D eigenvalue weighted by Gasteiger charge is 2.26. The fourth-order valence-corrected chi connectivity index (χ4v) is 5.82. The molecule has 5 rings (SSSR count). The minimum Gasteiger partial charge on any atom is -0.493 e. The number of ether oxygens (including phenoxy) is 1. The lowest BCUT2D eigenvalue weighted by molar-refractivity contribution is 0.0929. The van der Waals surface area contributed by atoms with Gasteiger partial charge in [-0.2, -0.15) is 0 Å². The second-order valence-corrected chi connectivity index (χ2v) is 9.41. The Kier molecular flexibility index (Phi) is 5.57. The minimum atomic E-state index is -0.198. The van der Waals surface area contributed by atoms with Crippen molar-refractivity contribution in [3.8, 4) is 16.9 Å². The Morgan fingerprint density at radius 1 is 0.935 bits per heavy atom. The molecule has 1 aliphatic heterocycles. The van der Waals surface area contributed by atoms with Crippen molar-refractivity contribution in [2.75, 3.05) is 6.61 Å². The lowest BCUT2D eigenvalue weighted by Gasteiger charge is -2.26. The molecule has 3 nitrogen and oxygen atoms in total. The average Bonchev–Trinajstić information content (AvgIpc) is 3.13. The summed E-state index contributed by atoms with van der Waals surface area (Å²) in [6, 6.07) is 18.9. The van der Waals surface area contributed by atoms with Gasteiger partial charge in [0, 0.05) is 33.2 Å². The Bertz CT molecular complexity index is 1320. The van der Waals surface area contributed by atoms with E-state index in [0.29, 0.717) is 33.0 Å². The first kappa shape index (κ1) is 20.7. The van der Waals surface area contributed by atoms with E-state index in [2.05, 4.69) is 5.32 Å². The topological polar surface area (TPSA) is 38.3 Å². The number of nitrogens with one attached hydrogen (secondary N) is 1. The Hall–Kier alpha value is -2.24. The smallest absolute Gasteiger partial charge is 0.263 e. The van der Waals surface area contributed by atoms with Crippen molar-refractivity contribution in [3.63, 3.8) is 0 Å². The summed E-state index contributed by atoms with van der Waals surface area (Å²) < 4.78 is 6.60. The molecule has 1 N–H and O–H groups in total. The van der Waals surface area contributed by atoms with E-state index in [4.69, 9.17) is 39.5 Å². The van der Waals surface area contributed by atoms with Gasteiger partial charge in [-0.3, -0.25) is 4.79 Å². The maximum absolute atomic E-state index is 13.2. The van der Waals surface area contributed by atoms with E-state index in [1.165, 1.54) is 11.3 Å². The summed E-state index contributed by atoms with van der Waals surface area (Å²) in [4.78, 5) is 13.7. The van der Waals surface area contributed by atoms with Gasteiger partial charge in [0.25, 0.3) is 5.91 Å². The van der Waals surface area contributed by atoms with Crippen LogP contribution < -0.4 is 10.1 Å². The summed E-state index contributed by atoms with van der Waals surface area (Å²) in [6.07, 6.45) is 0.703. The number of halogens is 3. The third-order valence-electron chi connectivity index (χ3n) is 5.37. The first-order chi connectivity index (χ1) is 15.0. The second-order valence-electron chi connectivity index (χ2n) is 7.23. The molecule has 1 unspecified atom stereocenters. The molecular weight excluding hydrogens is 473 g/mol. The number of carbonyl (C=O) groups excluding carboxylic acids is 1. The zero-order valence-electron chi connectivity index (χ0n) is 16.1. The van der Waals surface area contributed by atoms with Crippen LogP contribution in [0.5, 0.6) is 5.75 Å². The molecule has 7 heteroatoms. The van der Waals surface area contributed by atoms with E-state index in [0.717, 1.165) is 32.5 Å². The number of benzene rings is 3. The van der Waals surface area contributed by atoms with Crippen LogP contribution in [0.3, 0.4) is 0 Å². The maximum Gasteiger partial charge on any atom is 0.263 e. The quantitative estimate of drug-likeness (QED) is 0.320. The van der Waals surface area contributed by atoms with E-state index >= 15 is 0 Å². The van der Waals surface area contributed by atoms with Gasteiger partial charge in [-0.1, -0.05) is 83.3 Å². The van der Waals surface area contributed by atoms with Gasteiger partial charge in [-0.15, -0.1) is 11.3 Å². The van der Waals surface area contributed by atoms with Gasteiger partial charge >= 0.3 is 0 Å². The van der Waals surface area contributed by atoms with Crippen molar-refractivity contribution in [1.82, 2.24) is 5.32 Å². The molecule has 0 saturated carbocycles. The zero-order valence-corrected chi connectivity index (χ0v) is 19.2. The number of carbonyl (C=O) groups is 1. The highest BCUT2D eigenvalue weighted by molar-refractivity contribution is 7.22. The van der Waals surface area contributed by atoms with Crippen LogP contribution in [0.25, 0.3) is 21.2 Å². The standard InChI is InChI=1S/C24H16Cl3NO2S/c25-17-9-4-6-13(20(17)26)14-7-3-8-16-21(27)23(31-22(14)16)24(29)28-18-11-12-30-19-10-2-1-5-15(18)19/h1-10,18H,11-12H2,(H,28,29). The van der Waals surface area contributed by atoms with Crippen LogP contribution in [-0.2, 0) is 0 Å². The molecule has 0 radical (unpaired) electrons. The first-order valence-corrected chi connectivity index (χ1v) is 11.7. The molecular formula is C24H16Cl3NO2S. The summed E-state index contributed by atoms with van der Waals surface area (Å²) in [5.41, 5.74) is 2.68. The largest absolute Gasteiger partial charge is 0.493 e. The van der Waals surface area contributed by atoms with E-state index in [1.54, 1.807) is 6.07 Å². The molecule has 4 aromatic rings.